The number of benzene rings is 1. The first-order valence-electron chi connectivity index (χ1n) is 4.84. The van der Waals surface area contributed by atoms with Crippen molar-refractivity contribution in [2.45, 2.75) is 13.5 Å². The molecule has 0 aromatic heterocycles. The third kappa shape index (κ3) is 3.57. The van der Waals surface area contributed by atoms with Crippen LogP contribution in [0.1, 0.15) is 12.5 Å². The summed E-state index contributed by atoms with van der Waals surface area (Å²) in [6, 6.07) is 6.73. The lowest BCUT2D eigenvalue weighted by atomic mass is 10.2. The Hall–Kier alpha value is -2.10. The van der Waals surface area contributed by atoms with E-state index in [0.717, 1.165) is 5.56 Å². The Bertz CT molecular complexity index is 419. The van der Waals surface area contributed by atoms with Gasteiger partial charge in [0.2, 0.25) is 0 Å². The van der Waals surface area contributed by atoms with Gasteiger partial charge in [-0.05, 0) is 24.6 Å². The maximum atomic E-state index is 11.0. The second-order valence-electron chi connectivity index (χ2n) is 3.31. The maximum absolute atomic E-state index is 11.0. The van der Waals surface area contributed by atoms with Crippen LogP contribution in [0.3, 0.4) is 0 Å². The van der Waals surface area contributed by atoms with Gasteiger partial charge in [0.1, 0.15) is 5.75 Å². The first kappa shape index (κ1) is 12.0. The fraction of sp³-hybridized carbons (Fsp3) is 0.167. The Morgan fingerprint density at radius 1 is 1.44 bits per heavy atom. The average molecular weight is 218 g/mol. The van der Waals surface area contributed by atoms with E-state index in [9.17, 15) is 4.79 Å². The summed E-state index contributed by atoms with van der Waals surface area (Å²) in [5, 5.41) is 9.07. The molecule has 84 valence electrons. The molecule has 0 fully saturated rings. The molecule has 0 bridgehead atoms. The molecule has 0 radical (unpaired) electrons. The number of aliphatic imine (C=N–C) groups is 1. The molecule has 4 heteroatoms. The minimum Gasteiger partial charge on any atom is -0.508 e. The topological polar surface area (TPSA) is 75.7 Å². The fourth-order valence-corrected chi connectivity index (χ4v) is 1.10. The molecule has 0 saturated heterocycles. The number of allylic oxidation sites excluding steroid dienone is 1. The fourth-order valence-electron chi connectivity index (χ4n) is 1.10. The zero-order valence-corrected chi connectivity index (χ0v) is 9.05. The van der Waals surface area contributed by atoms with Gasteiger partial charge >= 0.3 is 0 Å². The summed E-state index contributed by atoms with van der Waals surface area (Å²) in [5.41, 5.74) is 6.61. The van der Waals surface area contributed by atoms with Gasteiger partial charge < -0.3 is 10.8 Å². The number of rotatable bonds is 4. The molecule has 1 aromatic rings. The standard InChI is InChI=1S/C12H14N2O2/c1-9(15)11(6-13)8-14-7-10-2-4-12(16)5-3-10/h2-6,8,16H,7,13H2,1H3. The van der Waals surface area contributed by atoms with E-state index in [1.807, 2.05) is 0 Å². The van der Waals surface area contributed by atoms with Crippen LogP contribution in [0.25, 0.3) is 0 Å². The molecule has 3 N–H and O–H groups in total. The second kappa shape index (κ2) is 5.70. The van der Waals surface area contributed by atoms with Crippen molar-refractivity contribution in [3.63, 3.8) is 0 Å². The molecular formula is C12H14N2O2. The summed E-state index contributed by atoms with van der Waals surface area (Å²) in [6.07, 6.45) is 2.69. The van der Waals surface area contributed by atoms with Crippen LogP contribution in [0.2, 0.25) is 0 Å². The molecule has 0 aliphatic rings. The van der Waals surface area contributed by atoms with E-state index in [-0.39, 0.29) is 11.5 Å². The molecule has 0 heterocycles. The van der Waals surface area contributed by atoms with Gasteiger partial charge in [-0.15, -0.1) is 0 Å². The van der Waals surface area contributed by atoms with Crippen LogP contribution in [-0.4, -0.2) is 17.1 Å². The number of hydrogen-bond donors (Lipinski definition) is 2. The van der Waals surface area contributed by atoms with Gasteiger partial charge in [-0.3, -0.25) is 9.79 Å². The van der Waals surface area contributed by atoms with Crippen LogP contribution >= 0.6 is 0 Å². The predicted octanol–water partition coefficient (Wildman–Crippen LogP) is 1.39. The van der Waals surface area contributed by atoms with Crippen molar-refractivity contribution in [3.05, 3.63) is 41.6 Å². The summed E-state index contributed by atoms with van der Waals surface area (Å²) >= 11 is 0. The second-order valence-corrected chi connectivity index (χ2v) is 3.31. The molecule has 0 atom stereocenters. The van der Waals surface area contributed by atoms with Gasteiger partial charge in [-0.2, -0.15) is 0 Å². The van der Waals surface area contributed by atoms with E-state index in [4.69, 9.17) is 10.8 Å². The first-order valence-corrected chi connectivity index (χ1v) is 4.84. The highest BCUT2D eigenvalue weighted by atomic mass is 16.3. The number of nitrogens with two attached hydrogens (primary N) is 1. The van der Waals surface area contributed by atoms with E-state index in [0.29, 0.717) is 12.1 Å². The van der Waals surface area contributed by atoms with Crippen molar-refractivity contribution in [1.82, 2.24) is 0 Å². The number of phenols is 1. The monoisotopic (exact) mass is 218 g/mol. The number of carbonyl (C=O) groups is 1. The number of carbonyl (C=O) groups excluding carboxylic acids is 1. The Balaban J connectivity index is 2.61. The van der Waals surface area contributed by atoms with Crippen molar-refractivity contribution in [1.29, 1.82) is 0 Å². The molecular weight excluding hydrogens is 204 g/mol. The van der Waals surface area contributed by atoms with Gasteiger partial charge in [0, 0.05) is 12.4 Å². The Morgan fingerprint density at radius 3 is 2.56 bits per heavy atom. The average Bonchev–Trinajstić information content (AvgIpc) is 2.26. The highest BCUT2D eigenvalue weighted by Gasteiger charge is 1.98. The number of hydrogen-bond acceptors (Lipinski definition) is 4. The lowest BCUT2D eigenvalue weighted by molar-refractivity contribution is -0.113. The van der Waals surface area contributed by atoms with Gasteiger partial charge in [-0.1, -0.05) is 12.1 Å². The summed E-state index contributed by atoms with van der Waals surface area (Å²) in [5.74, 6) is 0.107. The Kier molecular flexibility index (Phi) is 4.27. The zero-order chi connectivity index (χ0) is 12.0. The minimum absolute atomic E-state index is 0.114. The van der Waals surface area contributed by atoms with Crippen LogP contribution in [0.4, 0.5) is 0 Å². The van der Waals surface area contributed by atoms with Crippen LogP contribution in [0.15, 0.2) is 41.0 Å². The largest absolute Gasteiger partial charge is 0.508 e. The number of aromatic hydroxyl groups is 1. The molecule has 0 unspecified atom stereocenters. The highest BCUT2D eigenvalue weighted by molar-refractivity contribution is 6.11. The summed E-state index contributed by atoms with van der Waals surface area (Å²) in [7, 11) is 0. The minimum atomic E-state index is -0.114. The number of phenolic OH excluding ortho intramolecular Hbond substituents is 1. The Labute approximate surface area is 94.1 Å². The molecule has 16 heavy (non-hydrogen) atoms. The van der Waals surface area contributed by atoms with Crippen molar-refractivity contribution < 1.29 is 9.90 Å². The van der Waals surface area contributed by atoms with Gasteiger partial charge in [0.05, 0.1) is 12.1 Å². The summed E-state index contributed by atoms with van der Waals surface area (Å²) in [6.45, 7) is 1.89. The van der Waals surface area contributed by atoms with E-state index in [1.165, 1.54) is 19.3 Å². The van der Waals surface area contributed by atoms with E-state index < -0.39 is 0 Å². The molecule has 0 saturated carbocycles. The molecule has 1 rings (SSSR count). The number of ketones is 1. The quantitative estimate of drug-likeness (QED) is 0.592. The van der Waals surface area contributed by atoms with Crippen LogP contribution in [0.5, 0.6) is 5.75 Å². The number of nitrogens with zero attached hydrogens (tertiary/aromatic N) is 1. The maximum Gasteiger partial charge on any atom is 0.162 e. The Morgan fingerprint density at radius 2 is 2.06 bits per heavy atom. The van der Waals surface area contributed by atoms with Crippen molar-refractivity contribution in [2.24, 2.45) is 10.7 Å². The number of Topliss-reactive ketones (excluding diaryl/α,β-unsaturated/α-hetero) is 1. The van der Waals surface area contributed by atoms with Gasteiger partial charge in [0.25, 0.3) is 0 Å². The van der Waals surface area contributed by atoms with Gasteiger partial charge in [-0.25, -0.2) is 0 Å². The molecule has 1 aromatic carbocycles. The lowest BCUT2D eigenvalue weighted by Crippen LogP contribution is -2.01. The van der Waals surface area contributed by atoms with Crippen LogP contribution in [-0.2, 0) is 11.3 Å². The van der Waals surface area contributed by atoms with Crippen molar-refractivity contribution >= 4 is 12.0 Å². The van der Waals surface area contributed by atoms with Crippen LogP contribution < -0.4 is 5.73 Å². The molecule has 0 aliphatic carbocycles. The summed E-state index contributed by atoms with van der Waals surface area (Å²) < 4.78 is 0. The lowest BCUT2D eigenvalue weighted by Gasteiger charge is -1.97. The predicted molar refractivity (Wildman–Crippen MR) is 63.3 cm³/mol. The van der Waals surface area contributed by atoms with Gasteiger partial charge in [0.15, 0.2) is 5.78 Å². The zero-order valence-electron chi connectivity index (χ0n) is 9.05. The molecule has 4 nitrogen and oxygen atoms in total. The van der Waals surface area contributed by atoms with Crippen molar-refractivity contribution in [2.75, 3.05) is 0 Å². The van der Waals surface area contributed by atoms with Crippen LogP contribution in [0, 0.1) is 0 Å². The molecule has 0 spiro atoms. The molecule has 0 aliphatic heterocycles. The third-order valence-electron chi connectivity index (χ3n) is 2.03. The summed E-state index contributed by atoms with van der Waals surface area (Å²) in [4.78, 5) is 15.1. The molecule has 0 amide bonds. The normalized spacial score (nSPS) is 11.9. The van der Waals surface area contributed by atoms with E-state index in [1.54, 1.807) is 24.3 Å². The SMILES string of the molecule is CC(=O)C(C=NCc1ccc(O)cc1)=CN. The van der Waals surface area contributed by atoms with E-state index >= 15 is 0 Å². The third-order valence-corrected chi connectivity index (χ3v) is 2.03. The van der Waals surface area contributed by atoms with E-state index in [2.05, 4.69) is 4.99 Å². The first-order chi connectivity index (χ1) is 7.63. The highest BCUT2D eigenvalue weighted by Crippen LogP contribution is 2.10. The van der Waals surface area contributed by atoms with Crippen molar-refractivity contribution in [3.8, 4) is 5.75 Å². The smallest absolute Gasteiger partial charge is 0.162 e.